The first-order valence-electron chi connectivity index (χ1n) is 5.93. The summed E-state index contributed by atoms with van der Waals surface area (Å²) in [5.74, 6) is -0.0539. The Labute approximate surface area is 98.7 Å². The molecule has 0 radical (unpaired) electrons. The number of nitrogens with zero attached hydrogens (tertiary/aromatic N) is 2. The van der Waals surface area contributed by atoms with Gasteiger partial charge in [0.15, 0.2) is 0 Å². The molecule has 3 heteroatoms. The fraction of sp³-hybridized carbons (Fsp3) is 0.692. The summed E-state index contributed by atoms with van der Waals surface area (Å²) < 4.78 is 0. The van der Waals surface area contributed by atoms with Crippen molar-refractivity contribution in [1.82, 2.24) is 4.90 Å². The summed E-state index contributed by atoms with van der Waals surface area (Å²) in [5.41, 5.74) is -0.849. The predicted octanol–water partition coefficient (Wildman–Crippen LogP) is 2.74. The van der Waals surface area contributed by atoms with Crippen molar-refractivity contribution in [3.63, 3.8) is 0 Å². The molecule has 0 bridgehead atoms. The molecule has 0 fully saturated rings. The summed E-state index contributed by atoms with van der Waals surface area (Å²) >= 11 is 0. The van der Waals surface area contributed by atoms with Crippen molar-refractivity contribution in [3.8, 4) is 6.07 Å². The van der Waals surface area contributed by atoms with Gasteiger partial charge in [0.25, 0.3) is 0 Å². The fourth-order valence-electron chi connectivity index (χ4n) is 1.76. The van der Waals surface area contributed by atoms with Gasteiger partial charge >= 0.3 is 0 Å². The third-order valence-electron chi connectivity index (χ3n) is 2.96. The van der Waals surface area contributed by atoms with Crippen LogP contribution in [-0.4, -0.2) is 23.9 Å². The van der Waals surface area contributed by atoms with E-state index >= 15 is 0 Å². The minimum atomic E-state index is -0.849. The minimum absolute atomic E-state index is 0.0539. The van der Waals surface area contributed by atoms with E-state index in [-0.39, 0.29) is 5.91 Å². The smallest absolute Gasteiger partial charge is 0.243 e. The summed E-state index contributed by atoms with van der Waals surface area (Å²) in [6, 6.07) is 2.19. The van der Waals surface area contributed by atoms with Gasteiger partial charge in [-0.1, -0.05) is 26.8 Å². The normalized spacial score (nSPS) is 10.6. The Kier molecular flexibility index (Phi) is 6.48. The maximum Gasteiger partial charge on any atom is 0.243 e. The van der Waals surface area contributed by atoms with Crippen molar-refractivity contribution in [3.05, 3.63) is 12.7 Å². The topological polar surface area (TPSA) is 44.1 Å². The summed E-state index contributed by atoms with van der Waals surface area (Å²) in [7, 11) is 0. The van der Waals surface area contributed by atoms with Crippen molar-refractivity contribution in [2.75, 3.05) is 13.1 Å². The highest BCUT2D eigenvalue weighted by molar-refractivity contribution is 5.85. The molecule has 0 aromatic carbocycles. The molecule has 0 aromatic rings. The second-order valence-electron chi connectivity index (χ2n) is 3.94. The van der Waals surface area contributed by atoms with Crippen molar-refractivity contribution < 1.29 is 4.79 Å². The number of rotatable bonds is 7. The molecule has 0 aromatic heterocycles. The van der Waals surface area contributed by atoms with E-state index in [1.165, 1.54) is 0 Å². The van der Waals surface area contributed by atoms with E-state index in [0.717, 1.165) is 6.42 Å². The Hall–Kier alpha value is -1.30. The monoisotopic (exact) mass is 222 g/mol. The maximum atomic E-state index is 12.3. The van der Waals surface area contributed by atoms with Gasteiger partial charge in [-0.3, -0.25) is 4.79 Å². The van der Waals surface area contributed by atoms with Gasteiger partial charge in [-0.15, -0.1) is 6.58 Å². The lowest BCUT2D eigenvalue weighted by Crippen LogP contribution is -2.43. The number of nitriles is 1. The van der Waals surface area contributed by atoms with Gasteiger partial charge in [0, 0.05) is 13.1 Å². The molecule has 0 saturated carbocycles. The summed E-state index contributed by atoms with van der Waals surface area (Å²) in [6.45, 7) is 10.7. The van der Waals surface area contributed by atoms with Crippen LogP contribution in [0.4, 0.5) is 0 Å². The van der Waals surface area contributed by atoms with E-state index in [2.05, 4.69) is 12.6 Å². The van der Waals surface area contributed by atoms with Crippen LogP contribution in [0.1, 0.15) is 40.0 Å². The van der Waals surface area contributed by atoms with Crippen LogP contribution in [0.5, 0.6) is 0 Å². The zero-order valence-corrected chi connectivity index (χ0v) is 10.6. The predicted molar refractivity (Wildman–Crippen MR) is 65.7 cm³/mol. The van der Waals surface area contributed by atoms with Crippen LogP contribution in [0.25, 0.3) is 0 Å². The van der Waals surface area contributed by atoms with Crippen LogP contribution in [0.15, 0.2) is 12.7 Å². The molecule has 0 unspecified atom stereocenters. The summed E-state index contributed by atoms with van der Waals surface area (Å²) in [6.07, 6.45) is 3.74. The fourth-order valence-corrected chi connectivity index (χ4v) is 1.76. The minimum Gasteiger partial charge on any atom is -0.338 e. The Bertz CT molecular complexity index is 274. The van der Waals surface area contributed by atoms with Crippen LogP contribution in [0.2, 0.25) is 0 Å². The Morgan fingerprint density at radius 3 is 2.31 bits per heavy atom. The first-order valence-corrected chi connectivity index (χ1v) is 5.93. The molecule has 0 aliphatic carbocycles. The van der Waals surface area contributed by atoms with Gasteiger partial charge in [0.05, 0.1) is 6.07 Å². The van der Waals surface area contributed by atoms with Gasteiger partial charge in [0.2, 0.25) is 5.91 Å². The van der Waals surface area contributed by atoms with Gasteiger partial charge in [-0.05, 0) is 19.3 Å². The molecule has 16 heavy (non-hydrogen) atoms. The highest BCUT2D eigenvalue weighted by atomic mass is 16.2. The van der Waals surface area contributed by atoms with Crippen molar-refractivity contribution in [1.29, 1.82) is 5.26 Å². The third-order valence-corrected chi connectivity index (χ3v) is 2.96. The number of hydrogen-bond acceptors (Lipinski definition) is 2. The van der Waals surface area contributed by atoms with E-state index in [9.17, 15) is 10.1 Å². The van der Waals surface area contributed by atoms with Gasteiger partial charge in [-0.25, -0.2) is 0 Å². The molecular weight excluding hydrogens is 200 g/mol. The average Bonchev–Trinajstić information content (AvgIpc) is 2.31. The molecule has 1 amide bonds. The molecule has 0 N–H and O–H groups in total. The first kappa shape index (κ1) is 14.7. The van der Waals surface area contributed by atoms with E-state index in [0.29, 0.717) is 25.9 Å². The lowest BCUT2D eigenvalue weighted by molar-refractivity contribution is -0.138. The zero-order valence-electron chi connectivity index (χ0n) is 10.6. The molecule has 0 aliphatic heterocycles. The quantitative estimate of drug-likeness (QED) is 0.622. The lowest BCUT2D eigenvalue weighted by atomic mass is 9.82. The number of carbonyl (C=O) groups excluding carboxylic acids is 1. The Morgan fingerprint density at radius 1 is 1.44 bits per heavy atom. The van der Waals surface area contributed by atoms with Crippen LogP contribution in [-0.2, 0) is 4.79 Å². The standard InChI is InChI=1S/C13H22N2O/c1-5-9-15(10-6-2)12(16)13(7-3,8-4)11-14/h5H,1,6-10H2,2-4H3. The van der Waals surface area contributed by atoms with Crippen LogP contribution in [0, 0.1) is 16.7 Å². The van der Waals surface area contributed by atoms with Crippen LogP contribution >= 0.6 is 0 Å². The lowest BCUT2D eigenvalue weighted by Gasteiger charge is -2.30. The largest absolute Gasteiger partial charge is 0.338 e. The van der Waals surface area contributed by atoms with Crippen LogP contribution < -0.4 is 0 Å². The Balaban J connectivity index is 4.95. The van der Waals surface area contributed by atoms with Crippen molar-refractivity contribution in [2.24, 2.45) is 5.41 Å². The SMILES string of the molecule is C=CCN(CCC)C(=O)C(C#N)(CC)CC. The molecular formula is C13H22N2O. The Morgan fingerprint density at radius 2 is 2.00 bits per heavy atom. The maximum absolute atomic E-state index is 12.3. The third kappa shape index (κ3) is 3.10. The molecule has 90 valence electrons. The van der Waals surface area contributed by atoms with E-state index in [4.69, 9.17) is 0 Å². The first-order chi connectivity index (χ1) is 7.61. The zero-order chi connectivity index (χ0) is 12.6. The molecule has 0 saturated heterocycles. The highest BCUT2D eigenvalue weighted by Crippen LogP contribution is 2.28. The van der Waals surface area contributed by atoms with Gasteiger partial charge in [0.1, 0.15) is 5.41 Å². The highest BCUT2D eigenvalue weighted by Gasteiger charge is 2.37. The number of amides is 1. The number of hydrogen-bond donors (Lipinski definition) is 0. The van der Waals surface area contributed by atoms with Gasteiger partial charge in [-0.2, -0.15) is 5.26 Å². The second kappa shape index (κ2) is 7.05. The van der Waals surface area contributed by atoms with E-state index in [1.807, 2.05) is 20.8 Å². The second-order valence-corrected chi connectivity index (χ2v) is 3.94. The molecule has 0 aliphatic rings. The molecule has 0 atom stereocenters. The van der Waals surface area contributed by atoms with Gasteiger partial charge < -0.3 is 4.90 Å². The summed E-state index contributed by atoms with van der Waals surface area (Å²) in [4.78, 5) is 14.0. The average molecular weight is 222 g/mol. The van der Waals surface area contributed by atoms with E-state index < -0.39 is 5.41 Å². The van der Waals surface area contributed by atoms with Crippen molar-refractivity contribution in [2.45, 2.75) is 40.0 Å². The molecule has 0 heterocycles. The molecule has 3 nitrogen and oxygen atoms in total. The molecule has 0 spiro atoms. The summed E-state index contributed by atoms with van der Waals surface area (Å²) in [5, 5.41) is 9.21. The molecule has 0 rings (SSSR count). The van der Waals surface area contributed by atoms with E-state index in [1.54, 1.807) is 11.0 Å². The van der Waals surface area contributed by atoms with Crippen molar-refractivity contribution >= 4 is 5.91 Å². The number of carbonyl (C=O) groups is 1. The van der Waals surface area contributed by atoms with Crippen LogP contribution in [0.3, 0.4) is 0 Å².